The summed E-state index contributed by atoms with van der Waals surface area (Å²) in [5.41, 5.74) is 3.11. The Morgan fingerprint density at radius 1 is 1.03 bits per heavy atom. The number of furan rings is 1. The van der Waals surface area contributed by atoms with Crippen LogP contribution in [-0.4, -0.2) is 27.5 Å². The van der Waals surface area contributed by atoms with Crippen LogP contribution in [0.4, 0.5) is 5.69 Å². The summed E-state index contributed by atoms with van der Waals surface area (Å²) in [5, 5.41) is 1.87. The second kappa shape index (κ2) is 8.08. The van der Waals surface area contributed by atoms with E-state index >= 15 is 0 Å². The number of fused-ring (bicyclic) bond motifs is 1. The van der Waals surface area contributed by atoms with Crippen molar-refractivity contribution in [3.05, 3.63) is 95.4 Å². The van der Waals surface area contributed by atoms with Crippen LogP contribution in [0.2, 0.25) is 0 Å². The molecule has 1 fully saturated rings. The van der Waals surface area contributed by atoms with Crippen molar-refractivity contribution in [2.24, 2.45) is 4.99 Å². The molecule has 4 aromatic rings. The zero-order valence-corrected chi connectivity index (χ0v) is 16.9. The number of para-hydroxylation sites is 2. The van der Waals surface area contributed by atoms with E-state index in [9.17, 15) is 4.79 Å². The van der Waals surface area contributed by atoms with Gasteiger partial charge >= 0.3 is 0 Å². The highest BCUT2D eigenvalue weighted by Gasteiger charge is 2.33. The molecule has 2 aromatic heterocycles. The van der Waals surface area contributed by atoms with Crippen molar-refractivity contribution in [3.63, 3.8) is 0 Å². The van der Waals surface area contributed by atoms with Crippen molar-refractivity contribution in [1.82, 2.24) is 9.88 Å². The maximum Gasteiger partial charge on any atom is 0.266 e. The van der Waals surface area contributed by atoms with E-state index in [1.54, 1.807) is 17.2 Å². The zero-order valence-electron chi connectivity index (χ0n) is 16.1. The first kappa shape index (κ1) is 18.5. The predicted octanol–water partition coefficient (Wildman–Crippen LogP) is 5.61. The summed E-state index contributed by atoms with van der Waals surface area (Å²) in [6, 6.07) is 21.6. The lowest BCUT2D eigenvalue weighted by Crippen LogP contribution is -2.31. The van der Waals surface area contributed by atoms with Gasteiger partial charge in [-0.15, -0.1) is 0 Å². The van der Waals surface area contributed by atoms with Gasteiger partial charge in [0.1, 0.15) is 5.76 Å². The Morgan fingerprint density at radius 2 is 1.87 bits per heavy atom. The van der Waals surface area contributed by atoms with E-state index in [1.165, 1.54) is 22.7 Å². The lowest BCUT2D eigenvalue weighted by atomic mass is 10.1. The fourth-order valence-corrected chi connectivity index (χ4v) is 4.48. The van der Waals surface area contributed by atoms with Gasteiger partial charge in [0.25, 0.3) is 5.91 Å². The van der Waals surface area contributed by atoms with Crippen LogP contribution in [0.3, 0.4) is 0 Å². The van der Waals surface area contributed by atoms with Crippen LogP contribution in [0.1, 0.15) is 11.3 Å². The number of nitrogens with zero attached hydrogens (tertiary/aromatic N) is 2. The summed E-state index contributed by atoms with van der Waals surface area (Å²) in [4.78, 5) is 23.6. The van der Waals surface area contributed by atoms with Crippen LogP contribution in [0.5, 0.6) is 0 Å². The molecule has 3 heterocycles. The molecule has 1 amide bonds. The first-order valence-corrected chi connectivity index (χ1v) is 10.5. The molecule has 0 radical (unpaired) electrons. The maximum atomic E-state index is 13.2. The molecule has 30 heavy (non-hydrogen) atoms. The molecule has 5 rings (SSSR count). The number of aliphatic imine (C=N–C) groups is 1. The van der Waals surface area contributed by atoms with Gasteiger partial charge in [-0.2, -0.15) is 0 Å². The number of hydrogen-bond acceptors (Lipinski definition) is 4. The van der Waals surface area contributed by atoms with Crippen LogP contribution in [0.25, 0.3) is 17.0 Å². The molecule has 1 N–H and O–H groups in total. The van der Waals surface area contributed by atoms with E-state index in [4.69, 9.17) is 9.41 Å². The quantitative estimate of drug-likeness (QED) is 0.433. The molecule has 0 aliphatic carbocycles. The Bertz CT molecular complexity index is 1240. The van der Waals surface area contributed by atoms with Gasteiger partial charge in [0, 0.05) is 29.7 Å². The van der Waals surface area contributed by atoms with E-state index in [0.29, 0.717) is 22.4 Å². The van der Waals surface area contributed by atoms with Gasteiger partial charge in [0.2, 0.25) is 0 Å². The van der Waals surface area contributed by atoms with E-state index < -0.39 is 0 Å². The fraction of sp³-hybridized carbons (Fsp3) is 0.0833. The van der Waals surface area contributed by atoms with E-state index in [2.05, 4.69) is 17.1 Å². The summed E-state index contributed by atoms with van der Waals surface area (Å²) in [7, 11) is 0. The van der Waals surface area contributed by atoms with Crippen molar-refractivity contribution in [2.75, 3.05) is 6.54 Å². The number of carbonyl (C=O) groups is 1. The Hall–Kier alpha value is -3.51. The third-order valence-electron chi connectivity index (χ3n) is 4.97. The smallest absolute Gasteiger partial charge is 0.266 e. The predicted molar refractivity (Wildman–Crippen MR) is 122 cm³/mol. The molecule has 0 unspecified atom stereocenters. The van der Waals surface area contributed by atoms with Crippen molar-refractivity contribution in [1.29, 1.82) is 0 Å². The normalized spacial score (nSPS) is 16.9. The number of hydrogen-bond donors (Lipinski definition) is 1. The Labute approximate surface area is 178 Å². The van der Waals surface area contributed by atoms with Crippen LogP contribution in [0.15, 0.2) is 93.5 Å². The summed E-state index contributed by atoms with van der Waals surface area (Å²) in [5.74, 6) is 0.606. The highest BCUT2D eigenvalue weighted by Crippen LogP contribution is 2.34. The minimum absolute atomic E-state index is 0.0501. The minimum Gasteiger partial charge on any atom is -0.465 e. The standard InChI is InChI=1S/C24H19N3O2S/c28-23-22(15-19-9-6-14-29-19)30-24(26-18-7-2-1-3-8-18)27(23)13-12-17-16-25-21-11-5-4-10-20(17)21/h1-11,14-16,25H,12-13H2/b22-15-,26-24?. The number of rotatable bonds is 5. The van der Waals surface area contributed by atoms with Gasteiger partial charge in [-0.1, -0.05) is 36.4 Å². The number of amides is 1. The average molecular weight is 414 g/mol. The van der Waals surface area contributed by atoms with Crippen molar-refractivity contribution >= 4 is 45.5 Å². The van der Waals surface area contributed by atoms with Gasteiger partial charge in [-0.05, 0) is 54.1 Å². The molecule has 1 aliphatic rings. The molecular formula is C24H19N3O2S. The molecule has 2 aromatic carbocycles. The highest BCUT2D eigenvalue weighted by atomic mass is 32.2. The molecule has 0 bridgehead atoms. The topological polar surface area (TPSA) is 61.6 Å². The third kappa shape index (κ3) is 3.69. The molecule has 6 heteroatoms. The van der Waals surface area contributed by atoms with Crippen molar-refractivity contribution in [2.45, 2.75) is 6.42 Å². The van der Waals surface area contributed by atoms with E-state index in [-0.39, 0.29) is 5.91 Å². The maximum absolute atomic E-state index is 13.2. The van der Waals surface area contributed by atoms with Crippen LogP contribution in [-0.2, 0) is 11.2 Å². The summed E-state index contributed by atoms with van der Waals surface area (Å²) >= 11 is 1.38. The molecule has 1 saturated heterocycles. The number of benzene rings is 2. The number of amidine groups is 1. The molecule has 0 spiro atoms. The second-order valence-corrected chi connectivity index (χ2v) is 7.93. The van der Waals surface area contributed by atoms with Gasteiger partial charge in [0.05, 0.1) is 16.9 Å². The van der Waals surface area contributed by atoms with E-state index in [1.807, 2.05) is 60.8 Å². The lowest BCUT2D eigenvalue weighted by Gasteiger charge is -2.15. The lowest BCUT2D eigenvalue weighted by molar-refractivity contribution is -0.122. The number of carbonyl (C=O) groups excluding carboxylic acids is 1. The minimum atomic E-state index is -0.0501. The SMILES string of the molecule is O=C1/C(=C/c2ccco2)SC(=Nc2ccccc2)N1CCc1c[nH]c2ccccc12. The molecule has 5 nitrogen and oxygen atoms in total. The summed E-state index contributed by atoms with van der Waals surface area (Å²) in [6.45, 7) is 0.550. The number of nitrogens with one attached hydrogen (secondary N) is 1. The highest BCUT2D eigenvalue weighted by molar-refractivity contribution is 8.18. The van der Waals surface area contributed by atoms with Crippen LogP contribution >= 0.6 is 11.8 Å². The molecule has 0 atom stereocenters. The fourth-order valence-electron chi connectivity index (χ4n) is 3.47. The monoisotopic (exact) mass is 413 g/mol. The Morgan fingerprint density at radius 3 is 2.70 bits per heavy atom. The van der Waals surface area contributed by atoms with Gasteiger partial charge in [-0.25, -0.2) is 4.99 Å². The van der Waals surface area contributed by atoms with E-state index in [0.717, 1.165) is 17.6 Å². The summed E-state index contributed by atoms with van der Waals surface area (Å²) in [6.07, 6.45) is 6.13. The zero-order chi connectivity index (χ0) is 20.3. The van der Waals surface area contributed by atoms with Crippen LogP contribution < -0.4 is 0 Å². The number of aromatic nitrogens is 1. The number of aromatic amines is 1. The van der Waals surface area contributed by atoms with Gasteiger partial charge in [-0.3, -0.25) is 9.69 Å². The van der Waals surface area contributed by atoms with Crippen LogP contribution in [0, 0.1) is 0 Å². The molecule has 1 aliphatic heterocycles. The molecule has 148 valence electrons. The average Bonchev–Trinajstić information content (AvgIpc) is 3.49. The van der Waals surface area contributed by atoms with Gasteiger partial charge in [0.15, 0.2) is 5.17 Å². The third-order valence-corrected chi connectivity index (χ3v) is 5.97. The van der Waals surface area contributed by atoms with Gasteiger partial charge < -0.3 is 9.40 Å². The number of H-pyrrole nitrogens is 1. The molecular weight excluding hydrogens is 394 g/mol. The van der Waals surface area contributed by atoms with Crippen molar-refractivity contribution < 1.29 is 9.21 Å². The second-order valence-electron chi connectivity index (χ2n) is 6.92. The Kier molecular flexibility index (Phi) is 4.99. The Balaban J connectivity index is 1.45. The largest absolute Gasteiger partial charge is 0.465 e. The first-order chi connectivity index (χ1) is 14.8. The van der Waals surface area contributed by atoms with Crippen molar-refractivity contribution in [3.8, 4) is 0 Å². The summed E-state index contributed by atoms with van der Waals surface area (Å²) < 4.78 is 5.40. The molecule has 0 saturated carbocycles. The number of thioether (sulfide) groups is 1. The first-order valence-electron chi connectivity index (χ1n) is 9.71.